The van der Waals surface area contributed by atoms with Crippen LogP contribution in [0.5, 0.6) is 0 Å². The molecule has 46 heavy (non-hydrogen) atoms. The van der Waals surface area contributed by atoms with Crippen molar-refractivity contribution in [2.75, 3.05) is 19.3 Å². The van der Waals surface area contributed by atoms with Crippen molar-refractivity contribution in [2.45, 2.75) is 82.4 Å². The first-order valence-corrected chi connectivity index (χ1v) is 16.6. The SMILES string of the molecule is CC(C1CCCN1C)n1nc(C#N)c2c(-n3ccc(CO)n3)nc(-c3noc4c3CCCC43CCCc4sc(N)c(C#N)c43)nc21. The molecular weight excluding hydrogens is 602 g/mol. The molecule has 3 N–H and O–H groups in total. The largest absolute Gasteiger partial charge is 0.390 e. The van der Waals surface area contributed by atoms with E-state index >= 15 is 0 Å². The number of likely N-dealkylation sites (tertiary alicyclic amines) is 1. The van der Waals surface area contributed by atoms with Crippen LogP contribution in [0.2, 0.25) is 0 Å². The zero-order valence-corrected chi connectivity index (χ0v) is 26.5. The van der Waals surface area contributed by atoms with Crippen molar-refractivity contribution in [1.82, 2.24) is 39.6 Å². The summed E-state index contributed by atoms with van der Waals surface area (Å²) >= 11 is 1.51. The number of aliphatic hydroxyl groups excluding tert-OH is 1. The Hall–Kier alpha value is -4.63. The Bertz CT molecular complexity index is 2090. The fourth-order valence-electron chi connectivity index (χ4n) is 8.14. The molecule has 8 rings (SSSR count). The van der Waals surface area contributed by atoms with Crippen molar-refractivity contribution in [3.63, 3.8) is 0 Å². The lowest BCUT2D eigenvalue weighted by atomic mass is 9.63. The highest BCUT2D eigenvalue weighted by atomic mass is 32.1. The zero-order valence-electron chi connectivity index (χ0n) is 25.7. The van der Waals surface area contributed by atoms with Crippen molar-refractivity contribution in [3.8, 4) is 29.5 Å². The van der Waals surface area contributed by atoms with Crippen LogP contribution in [0.25, 0.3) is 28.4 Å². The molecule has 2 aliphatic carbocycles. The molecule has 234 valence electrons. The molecule has 5 aromatic rings. The van der Waals surface area contributed by atoms with Gasteiger partial charge < -0.3 is 20.3 Å². The predicted molar refractivity (Wildman–Crippen MR) is 169 cm³/mol. The van der Waals surface area contributed by atoms with Crippen molar-refractivity contribution in [1.29, 1.82) is 10.5 Å². The molecule has 0 radical (unpaired) electrons. The number of fused-ring (bicyclic) bond motifs is 5. The van der Waals surface area contributed by atoms with E-state index in [1.165, 1.54) is 11.3 Å². The summed E-state index contributed by atoms with van der Waals surface area (Å²) in [6.07, 6.45) is 9.00. The second-order valence-electron chi connectivity index (χ2n) is 12.7. The minimum absolute atomic E-state index is 0.0677. The Kier molecular flexibility index (Phi) is 6.72. The highest BCUT2D eigenvalue weighted by molar-refractivity contribution is 7.16. The van der Waals surface area contributed by atoms with Gasteiger partial charge in [-0.2, -0.15) is 20.7 Å². The van der Waals surface area contributed by atoms with E-state index in [1.807, 2.05) is 4.68 Å². The summed E-state index contributed by atoms with van der Waals surface area (Å²) in [7, 11) is 2.12. The van der Waals surface area contributed by atoms with Crippen LogP contribution in [0.1, 0.15) is 90.2 Å². The van der Waals surface area contributed by atoms with E-state index in [1.54, 1.807) is 16.9 Å². The minimum Gasteiger partial charge on any atom is -0.390 e. The third kappa shape index (κ3) is 4.07. The van der Waals surface area contributed by atoms with Gasteiger partial charge in [0.1, 0.15) is 22.5 Å². The number of aromatic nitrogens is 7. The molecule has 1 spiro atoms. The molecule has 0 bridgehead atoms. The van der Waals surface area contributed by atoms with E-state index in [-0.39, 0.29) is 24.4 Å². The highest BCUT2D eigenvalue weighted by Gasteiger charge is 2.49. The number of nitriles is 2. The predicted octanol–water partition coefficient (Wildman–Crippen LogP) is 4.16. The van der Waals surface area contributed by atoms with E-state index in [2.05, 4.69) is 41.3 Å². The van der Waals surface area contributed by atoms with Gasteiger partial charge in [-0.3, -0.25) is 0 Å². The molecule has 1 fully saturated rings. The van der Waals surface area contributed by atoms with Gasteiger partial charge in [0.05, 0.1) is 29.3 Å². The second kappa shape index (κ2) is 10.7. The van der Waals surface area contributed by atoms with Gasteiger partial charge in [-0.1, -0.05) is 5.16 Å². The van der Waals surface area contributed by atoms with E-state index in [9.17, 15) is 15.6 Å². The number of hydrogen-bond acceptors (Lipinski definition) is 12. The van der Waals surface area contributed by atoms with Gasteiger partial charge in [-0.05, 0) is 83.5 Å². The lowest BCUT2D eigenvalue weighted by molar-refractivity contribution is 0.232. The van der Waals surface area contributed by atoms with Crippen LogP contribution < -0.4 is 5.73 Å². The molecule has 3 aliphatic rings. The quantitative estimate of drug-likeness (QED) is 0.283. The molecule has 5 aromatic heterocycles. The van der Waals surface area contributed by atoms with Crippen molar-refractivity contribution < 1.29 is 9.63 Å². The van der Waals surface area contributed by atoms with Gasteiger partial charge in [-0.15, -0.1) is 11.3 Å². The first-order valence-electron chi connectivity index (χ1n) is 15.8. The molecule has 3 atom stereocenters. The molecule has 0 saturated carbocycles. The molecule has 1 saturated heterocycles. The highest BCUT2D eigenvalue weighted by Crippen LogP contribution is 2.55. The first kappa shape index (κ1) is 28.8. The number of anilines is 1. The Labute approximate surface area is 268 Å². The maximum Gasteiger partial charge on any atom is 0.186 e. The zero-order chi connectivity index (χ0) is 31.7. The van der Waals surface area contributed by atoms with Crippen molar-refractivity contribution in [3.05, 3.63) is 51.0 Å². The van der Waals surface area contributed by atoms with Gasteiger partial charge in [0.15, 0.2) is 34.4 Å². The summed E-state index contributed by atoms with van der Waals surface area (Å²) in [5.41, 5.74) is 10.1. The summed E-state index contributed by atoms with van der Waals surface area (Å²) in [5, 5.41) is 45.1. The number of rotatable bonds is 5. The number of hydrogen-bond donors (Lipinski definition) is 2. The van der Waals surface area contributed by atoms with Crippen molar-refractivity contribution in [2.24, 2.45) is 0 Å². The molecule has 14 heteroatoms. The van der Waals surface area contributed by atoms with Crippen molar-refractivity contribution >= 4 is 27.4 Å². The van der Waals surface area contributed by atoms with Gasteiger partial charge in [0.25, 0.3) is 0 Å². The van der Waals surface area contributed by atoms with Crippen LogP contribution in [0.3, 0.4) is 0 Å². The standard InChI is InChI=1S/C32H33N11O2S/c1-17(22-7-5-12-41(22)2)43-31-24(21(15-34)39-43)30(42-13-9-18(16-44)38-42)36-29(37-31)26-19-6-3-10-32(27(19)45-40-26)11-4-8-23-25(32)20(14-33)28(35)46-23/h9,13,17,22,44H,3-8,10-12,16,35H2,1-2H3. The molecule has 1 aliphatic heterocycles. The van der Waals surface area contributed by atoms with Gasteiger partial charge >= 0.3 is 0 Å². The normalized spacial score (nSPS) is 21.7. The lowest BCUT2D eigenvalue weighted by Crippen LogP contribution is -2.35. The van der Waals surface area contributed by atoms with E-state index in [0.29, 0.717) is 44.6 Å². The van der Waals surface area contributed by atoms with Crippen LogP contribution in [-0.4, -0.2) is 64.3 Å². The van der Waals surface area contributed by atoms with E-state index in [4.69, 9.17) is 25.3 Å². The fourth-order valence-corrected chi connectivity index (χ4v) is 9.30. The number of aliphatic hydroxyl groups is 1. The third-order valence-corrected chi connectivity index (χ3v) is 11.3. The Morgan fingerprint density at radius 3 is 2.72 bits per heavy atom. The molecular formula is C32H33N11O2S. The third-order valence-electron chi connectivity index (χ3n) is 10.3. The number of nitrogens with two attached hydrogens (primary N) is 1. The number of likely N-dealkylation sites (N-methyl/N-ethyl adjacent to an activating group) is 1. The van der Waals surface area contributed by atoms with Crippen LogP contribution in [-0.2, 0) is 24.9 Å². The van der Waals surface area contributed by atoms with Crippen LogP contribution in [0.15, 0.2) is 16.8 Å². The number of aryl methyl sites for hydroxylation is 1. The monoisotopic (exact) mass is 635 g/mol. The lowest BCUT2D eigenvalue weighted by Gasteiger charge is -2.39. The summed E-state index contributed by atoms with van der Waals surface area (Å²) in [5.74, 6) is 1.50. The van der Waals surface area contributed by atoms with Gasteiger partial charge in [0.2, 0.25) is 0 Å². The van der Waals surface area contributed by atoms with Gasteiger partial charge in [-0.25, -0.2) is 19.3 Å². The number of nitrogens with zero attached hydrogens (tertiary/aromatic N) is 10. The Morgan fingerprint density at radius 2 is 2.00 bits per heavy atom. The number of thiophene rings is 1. The van der Waals surface area contributed by atoms with E-state index < -0.39 is 5.41 Å². The molecule has 0 aromatic carbocycles. The Balaban J connectivity index is 1.35. The minimum atomic E-state index is -0.478. The average molecular weight is 636 g/mol. The average Bonchev–Trinajstić information content (AvgIpc) is 3.90. The maximum absolute atomic E-state index is 10.2. The molecule has 3 unspecified atom stereocenters. The van der Waals surface area contributed by atoms with Crippen LogP contribution in [0, 0.1) is 22.7 Å². The topological polar surface area (TPSA) is 185 Å². The summed E-state index contributed by atoms with van der Waals surface area (Å²) < 4.78 is 9.68. The molecule has 6 heterocycles. The van der Waals surface area contributed by atoms with Crippen LogP contribution in [0.4, 0.5) is 5.00 Å². The summed E-state index contributed by atoms with van der Waals surface area (Å²) in [6, 6.07) is 6.51. The fraction of sp³-hybridized carbons (Fsp3) is 0.469. The van der Waals surface area contributed by atoms with Crippen LogP contribution >= 0.6 is 11.3 Å². The smallest absolute Gasteiger partial charge is 0.186 e. The molecule has 13 nitrogen and oxygen atoms in total. The Morgan fingerprint density at radius 1 is 1.17 bits per heavy atom. The second-order valence-corrected chi connectivity index (χ2v) is 13.8. The molecule has 0 amide bonds. The van der Waals surface area contributed by atoms with Gasteiger partial charge in [0, 0.05) is 22.7 Å². The summed E-state index contributed by atoms with van der Waals surface area (Å²) in [6.45, 7) is 2.88. The number of nitrogen functional groups attached to an aromatic ring is 1. The maximum atomic E-state index is 10.2. The summed E-state index contributed by atoms with van der Waals surface area (Å²) in [4.78, 5) is 13.5. The van der Waals surface area contributed by atoms with E-state index in [0.717, 1.165) is 79.7 Å². The first-order chi connectivity index (χ1) is 22.4.